The van der Waals surface area contributed by atoms with Crippen LogP contribution in [0.1, 0.15) is 12.5 Å². The number of hydrogen-bond acceptors (Lipinski definition) is 5. The van der Waals surface area contributed by atoms with Crippen molar-refractivity contribution < 1.29 is 14.4 Å². The van der Waals surface area contributed by atoms with Crippen LogP contribution in [0.2, 0.25) is 0 Å². The molecule has 150 valence electrons. The molecule has 0 spiro atoms. The lowest BCUT2D eigenvalue weighted by atomic mass is 10.2. The van der Waals surface area contributed by atoms with E-state index in [9.17, 15) is 14.4 Å². The van der Waals surface area contributed by atoms with Gasteiger partial charge >= 0.3 is 5.69 Å². The van der Waals surface area contributed by atoms with Crippen LogP contribution >= 0.6 is 0 Å². The van der Waals surface area contributed by atoms with Crippen molar-refractivity contribution in [2.24, 2.45) is 0 Å². The molecule has 28 heavy (non-hydrogen) atoms. The minimum atomic E-state index is -0.654. The van der Waals surface area contributed by atoms with Gasteiger partial charge in [-0.25, -0.2) is 4.79 Å². The quantitative estimate of drug-likeness (QED) is 0.553. The Bertz CT molecular complexity index is 932. The third kappa shape index (κ3) is 4.32. The van der Waals surface area contributed by atoms with Crippen molar-refractivity contribution in [2.75, 3.05) is 50.0 Å². The Morgan fingerprint density at radius 1 is 1.25 bits per heavy atom. The Morgan fingerprint density at radius 2 is 1.93 bits per heavy atom. The average Bonchev–Trinajstić information content (AvgIpc) is 2.69. The van der Waals surface area contributed by atoms with Crippen LogP contribution in [0, 0.1) is 0 Å². The second-order valence-corrected chi connectivity index (χ2v) is 6.74. The van der Waals surface area contributed by atoms with Gasteiger partial charge in [0.25, 0.3) is 11.5 Å². The van der Waals surface area contributed by atoms with Crippen molar-refractivity contribution in [1.82, 2.24) is 9.55 Å². The van der Waals surface area contributed by atoms with E-state index in [-0.39, 0.29) is 37.0 Å². The van der Waals surface area contributed by atoms with Crippen LogP contribution in [-0.2, 0) is 16.1 Å². The molecule has 4 N–H and O–H groups in total. The fraction of sp³-hybridized carbons (Fsp3) is 0.421. The Hall–Kier alpha value is -2.91. The Morgan fingerprint density at radius 3 is 2.57 bits per heavy atom. The normalized spacial score (nSPS) is 14.8. The average molecular weight is 388 g/mol. The molecule has 1 aromatic heterocycles. The van der Waals surface area contributed by atoms with Gasteiger partial charge in [-0.15, -0.1) is 0 Å². The number of nitrogens with zero attached hydrogens (tertiary/aromatic N) is 2. The number of nitrogens with two attached hydrogens (primary N) is 1. The maximum Gasteiger partial charge on any atom is 0.330 e. The molecule has 0 atom stereocenters. The third-order valence-electron chi connectivity index (χ3n) is 4.89. The van der Waals surface area contributed by atoms with Crippen molar-refractivity contribution in [2.45, 2.75) is 13.5 Å². The predicted molar refractivity (Wildman–Crippen MR) is 106 cm³/mol. The smallest absolute Gasteiger partial charge is 0.330 e. The monoisotopic (exact) mass is 388 g/mol. The zero-order chi connectivity index (χ0) is 20.1. The predicted octanol–water partition coefficient (Wildman–Crippen LogP) is -1.56. The molecule has 1 saturated heterocycles. The van der Waals surface area contributed by atoms with Gasteiger partial charge in [-0.1, -0.05) is 30.3 Å². The second kappa shape index (κ2) is 8.85. The van der Waals surface area contributed by atoms with E-state index in [1.807, 2.05) is 30.3 Å². The van der Waals surface area contributed by atoms with Crippen LogP contribution < -0.4 is 26.8 Å². The molecule has 1 aromatic carbocycles. The molecule has 0 unspecified atom stereocenters. The first-order valence-electron chi connectivity index (χ1n) is 9.39. The number of rotatable bonds is 6. The molecule has 1 aliphatic heterocycles. The number of aromatic amines is 1. The summed E-state index contributed by atoms with van der Waals surface area (Å²) < 4.78 is 6.60. The number of amides is 1. The van der Waals surface area contributed by atoms with Gasteiger partial charge in [-0.3, -0.25) is 24.0 Å². The van der Waals surface area contributed by atoms with Crippen molar-refractivity contribution in [1.29, 1.82) is 0 Å². The highest BCUT2D eigenvalue weighted by molar-refractivity contribution is 5.96. The second-order valence-electron chi connectivity index (χ2n) is 6.74. The number of carbonyl (C=O) groups excluding carboxylic acids is 1. The van der Waals surface area contributed by atoms with Gasteiger partial charge < -0.3 is 15.4 Å². The molecular formula is C19H26N5O4+. The SMILES string of the molecule is CCN(C(=O)C[NH+]1CCOCC1)c1c(N)n(Cc2ccccc2)c(=O)[nH]c1=O. The number of carbonyl (C=O) groups is 1. The molecule has 0 bridgehead atoms. The first-order chi connectivity index (χ1) is 13.5. The van der Waals surface area contributed by atoms with E-state index in [0.29, 0.717) is 13.2 Å². The van der Waals surface area contributed by atoms with Gasteiger partial charge in [0.2, 0.25) is 0 Å². The molecule has 9 heteroatoms. The molecule has 1 aliphatic rings. The van der Waals surface area contributed by atoms with Crippen LogP contribution in [0.25, 0.3) is 0 Å². The molecule has 9 nitrogen and oxygen atoms in total. The zero-order valence-corrected chi connectivity index (χ0v) is 15.9. The van der Waals surface area contributed by atoms with Crippen LogP contribution in [0.15, 0.2) is 39.9 Å². The fourth-order valence-electron chi connectivity index (χ4n) is 3.37. The molecular weight excluding hydrogens is 362 g/mol. The fourth-order valence-corrected chi connectivity index (χ4v) is 3.37. The van der Waals surface area contributed by atoms with Crippen molar-refractivity contribution in [3.05, 3.63) is 56.7 Å². The van der Waals surface area contributed by atoms with Gasteiger partial charge in [-0.2, -0.15) is 0 Å². The van der Waals surface area contributed by atoms with Crippen LogP contribution in [0.5, 0.6) is 0 Å². The highest BCUT2D eigenvalue weighted by Gasteiger charge is 2.27. The third-order valence-corrected chi connectivity index (χ3v) is 4.89. The lowest BCUT2D eigenvalue weighted by Crippen LogP contribution is -3.15. The summed E-state index contributed by atoms with van der Waals surface area (Å²) in [7, 11) is 0. The van der Waals surface area contributed by atoms with Gasteiger partial charge in [0.05, 0.1) is 19.8 Å². The van der Waals surface area contributed by atoms with E-state index in [2.05, 4.69) is 4.98 Å². The van der Waals surface area contributed by atoms with Gasteiger partial charge in [0.15, 0.2) is 12.2 Å². The lowest BCUT2D eigenvalue weighted by Gasteiger charge is -2.27. The van der Waals surface area contributed by atoms with Crippen molar-refractivity contribution >= 4 is 17.4 Å². The Labute approximate surface area is 162 Å². The van der Waals surface area contributed by atoms with Crippen LogP contribution in [0.3, 0.4) is 0 Å². The molecule has 0 aliphatic carbocycles. The number of morpholine rings is 1. The summed E-state index contributed by atoms with van der Waals surface area (Å²) in [6.45, 7) is 5.20. The van der Waals surface area contributed by atoms with E-state index in [1.54, 1.807) is 6.92 Å². The summed E-state index contributed by atoms with van der Waals surface area (Å²) in [6.07, 6.45) is 0. The number of likely N-dealkylation sites (N-methyl/N-ethyl adjacent to an activating group) is 1. The number of nitrogen functional groups attached to an aromatic ring is 1. The van der Waals surface area contributed by atoms with E-state index in [1.165, 1.54) is 9.47 Å². The Balaban J connectivity index is 1.92. The zero-order valence-electron chi connectivity index (χ0n) is 15.9. The summed E-state index contributed by atoms with van der Waals surface area (Å²) in [4.78, 5) is 42.4. The topological polar surface area (TPSA) is 115 Å². The van der Waals surface area contributed by atoms with Crippen molar-refractivity contribution in [3.63, 3.8) is 0 Å². The van der Waals surface area contributed by atoms with E-state index < -0.39 is 11.2 Å². The number of nitrogens with one attached hydrogen (secondary N) is 2. The lowest BCUT2D eigenvalue weighted by molar-refractivity contribution is -0.900. The summed E-state index contributed by atoms with van der Waals surface area (Å²) >= 11 is 0. The Kier molecular flexibility index (Phi) is 6.27. The molecule has 0 radical (unpaired) electrons. The first-order valence-corrected chi connectivity index (χ1v) is 9.39. The summed E-state index contributed by atoms with van der Waals surface area (Å²) in [6, 6.07) is 9.31. The molecule has 1 amide bonds. The first kappa shape index (κ1) is 19.8. The minimum Gasteiger partial charge on any atom is -0.383 e. The summed E-state index contributed by atoms with van der Waals surface area (Å²) in [5, 5.41) is 0. The molecule has 0 saturated carbocycles. The number of benzene rings is 1. The number of H-pyrrole nitrogens is 1. The molecule has 3 rings (SSSR count). The van der Waals surface area contributed by atoms with E-state index >= 15 is 0 Å². The number of hydrogen-bond donors (Lipinski definition) is 3. The number of anilines is 2. The highest BCUT2D eigenvalue weighted by atomic mass is 16.5. The molecule has 1 fully saturated rings. The minimum absolute atomic E-state index is 0.00946. The standard InChI is InChI=1S/C19H25N5O4/c1-2-23(15(25)13-22-8-10-28-11-9-22)16-17(20)24(19(27)21-18(16)26)12-14-6-4-3-5-7-14/h3-7H,2,8-13,20H2,1H3,(H,21,26,27)/p+1. The molecule has 2 heterocycles. The summed E-state index contributed by atoms with van der Waals surface area (Å²) in [5.41, 5.74) is 5.84. The number of aromatic nitrogens is 2. The maximum absolute atomic E-state index is 12.9. The van der Waals surface area contributed by atoms with Gasteiger partial charge in [0, 0.05) is 6.54 Å². The van der Waals surface area contributed by atoms with Crippen LogP contribution in [-0.4, -0.2) is 54.9 Å². The highest BCUT2D eigenvalue weighted by Crippen LogP contribution is 2.17. The number of quaternary nitrogens is 1. The van der Waals surface area contributed by atoms with Crippen LogP contribution in [0.4, 0.5) is 11.5 Å². The number of ether oxygens (including phenoxy) is 1. The van der Waals surface area contributed by atoms with Gasteiger partial charge in [0.1, 0.15) is 18.9 Å². The maximum atomic E-state index is 12.9. The van der Waals surface area contributed by atoms with E-state index in [4.69, 9.17) is 10.5 Å². The van der Waals surface area contributed by atoms with E-state index in [0.717, 1.165) is 23.6 Å². The largest absolute Gasteiger partial charge is 0.383 e. The summed E-state index contributed by atoms with van der Waals surface area (Å²) in [5.74, 6) is -0.216. The van der Waals surface area contributed by atoms with Crippen molar-refractivity contribution in [3.8, 4) is 0 Å². The van der Waals surface area contributed by atoms with Gasteiger partial charge in [-0.05, 0) is 12.5 Å². The molecule has 2 aromatic rings.